The first kappa shape index (κ1) is 14.4. The molecular weight excluding hydrogens is 272 g/mol. The molecule has 0 saturated carbocycles. The summed E-state index contributed by atoms with van der Waals surface area (Å²) in [6, 6.07) is 7.85. The van der Waals surface area contributed by atoms with E-state index in [1.807, 2.05) is 32.0 Å². The summed E-state index contributed by atoms with van der Waals surface area (Å²) < 4.78 is 5.55. The predicted octanol–water partition coefficient (Wildman–Crippen LogP) is 4.35. The van der Waals surface area contributed by atoms with Crippen LogP contribution in [0, 0.1) is 18.3 Å². The maximum Gasteiger partial charge on any atom is 0.131 e. The zero-order chi connectivity index (χ0) is 14.7. The maximum atomic E-state index is 9.17. The molecule has 1 heterocycles. The Morgan fingerprint density at radius 2 is 2.20 bits per heavy atom. The lowest BCUT2D eigenvalue weighted by molar-refractivity contribution is 0.410. The van der Waals surface area contributed by atoms with Crippen molar-refractivity contribution in [1.82, 2.24) is 4.98 Å². The van der Waals surface area contributed by atoms with Crippen LogP contribution < -0.4 is 4.74 Å². The lowest BCUT2D eigenvalue weighted by Gasteiger charge is -2.18. The fourth-order valence-corrected chi connectivity index (χ4v) is 2.43. The number of nitriles is 1. The van der Waals surface area contributed by atoms with E-state index in [-0.39, 0.29) is 5.92 Å². The van der Waals surface area contributed by atoms with Crippen LogP contribution in [-0.2, 0) is 0 Å². The van der Waals surface area contributed by atoms with Crippen LogP contribution in [0.2, 0.25) is 5.02 Å². The average molecular weight is 287 g/mol. The molecule has 0 amide bonds. The largest absolute Gasteiger partial charge is 0.496 e. The van der Waals surface area contributed by atoms with Gasteiger partial charge in [0.05, 0.1) is 19.1 Å². The second kappa shape index (κ2) is 5.94. The Kier molecular flexibility index (Phi) is 4.26. The molecule has 2 aromatic rings. The highest BCUT2D eigenvalue weighted by Crippen LogP contribution is 2.42. The molecule has 0 aliphatic heterocycles. The molecule has 0 fully saturated rings. The number of benzene rings is 1. The summed E-state index contributed by atoms with van der Waals surface area (Å²) in [7, 11) is 1.61. The Labute approximate surface area is 123 Å². The highest BCUT2D eigenvalue weighted by Gasteiger charge is 2.20. The molecule has 0 bridgehead atoms. The third-order valence-corrected chi connectivity index (χ3v) is 3.71. The molecule has 1 atom stereocenters. The molecule has 0 aliphatic carbocycles. The number of hydrogen-bond donors (Lipinski definition) is 0. The molecule has 0 aliphatic rings. The van der Waals surface area contributed by atoms with Gasteiger partial charge in [-0.1, -0.05) is 17.7 Å². The van der Waals surface area contributed by atoms with E-state index in [0.29, 0.717) is 10.8 Å². The molecule has 20 heavy (non-hydrogen) atoms. The standard InChI is InChI=1S/C16H15ClN2O/c1-10(8-18)13-7-14(17)11(2)15(16(13)20-3)12-5-4-6-19-9-12/h4-7,9-10H,1-3H3. The molecule has 0 N–H and O–H groups in total. The van der Waals surface area contributed by atoms with Gasteiger partial charge < -0.3 is 4.74 Å². The van der Waals surface area contributed by atoms with Crippen molar-refractivity contribution in [2.45, 2.75) is 19.8 Å². The summed E-state index contributed by atoms with van der Waals surface area (Å²) in [6.07, 6.45) is 3.48. The van der Waals surface area contributed by atoms with E-state index in [4.69, 9.17) is 21.6 Å². The Morgan fingerprint density at radius 3 is 2.75 bits per heavy atom. The molecular formula is C16H15ClN2O. The molecule has 1 aromatic heterocycles. The zero-order valence-electron chi connectivity index (χ0n) is 11.6. The van der Waals surface area contributed by atoms with Crippen LogP contribution in [0.5, 0.6) is 5.75 Å². The van der Waals surface area contributed by atoms with E-state index >= 15 is 0 Å². The number of hydrogen-bond acceptors (Lipinski definition) is 3. The van der Waals surface area contributed by atoms with Crippen molar-refractivity contribution in [1.29, 1.82) is 5.26 Å². The normalized spacial score (nSPS) is 11.8. The van der Waals surface area contributed by atoms with Gasteiger partial charge in [0.2, 0.25) is 0 Å². The molecule has 102 valence electrons. The van der Waals surface area contributed by atoms with Gasteiger partial charge in [0.1, 0.15) is 5.75 Å². The molecule has 3 nitrogen and oxygen atoms in total. The molecule has 0 saturated heterocycles. The monoisotopic (exact) mass is 286 g/mol. The van der Waals surface area contributed by atoms with Crippen LogP contribution in [-0.4, -0.2) is 12.1 Å². The van der Waals surface area contributed by atoms with Crippen LogP contribution >= 0.6 is 11.6 Å². The molecule has 0 spiro atoms. The first-order chi connectivity index (χ1) is 9.60. The molecule has 0 radical (unpaired) electrons. The molecule has 2 rings (SSSR count). The fourth-order valence-electron chi connectivity index (χ4n) is 2.21. The number of nitrogens with zero attached hydrogens (tertiary/aromatic N) is 2. The van der Waals surface area contributed by atoms with Crippen molar-refractivity contribution in [2.75, 3.05) is 7.11 Å². The molecule has 1 aromatic carbocycles. The third-order valence-electron chi connectivity index (χ3n) is 3.32. The van der Waals surface area contributed by atoms with Gasteiger partial charge in [-0.2, -0.15) is 5.26 Å². The minimum atomic E-state index is -0.293. The van der Waals surface area contributed by atoms with E-state index in [9.17, 15) is 0 Å². The smallest absolute Gasteiger partial charge is 0.131 e. The first-order valence-corrected chi connectivity index (χ1v) is 6.65. The van der Waals surface area contributed by atoms with Gasteiger partial charge in [-0.25, -0.2) is 0 Å². The minimum absolute atomic E-state index is 0.293. The Morgan fingerprint density at radius 1 is 1.45 bits per heavy atom. The molecule has 1 unspecified atom stereocenters. The second-order valence-electron chi connectivity index (χ2n) is 4.57. The van der Waals surface area contributed by atoms with Gasteiger partial charge in [-0.05, 0) is 31.5 Å². The summed E-state index contributed by atoms with van der Waals surface area (Å²) in [4.78, 5) is 4.14. The quantitative estimate of drug-likeness (QED) is 0.843. The summed E-state index contributed by atoms with van der Waals surface area (Å²) in [5.41, 5.74) is 3.54. The van der Waals surface area contributed by atoms with E-state index in [1.165, 1.54) is 0 Å². The zero-order valence-corrected chi connectivity index (χ0v) is 12.4. The number of pyridine rings is 1. The van der Waals surface area contributed by atoms with E-state index in [2.05, 4.69) is 11.1 Å². The van der Waals surface area contributed by atoms with Crippen molar-refractivity contribution >= 4 is 11.6 Å². The average Bonchev–Trinajstić information content (AvgIpc) is 2.49. The maximum absolute atomic E-state index is 9.17. The van der Waals surface area contributed by atoms with Gasteiger partial charge in [-0.3, -0.25) is 4.98 Å². The SMILES string of the molecule is COc1c(C(C)C#N)cc(Cl)c(C)c1-c1cccnc1. The summed E-state index contributed by atoms with van der Waals surface area (Å²) in [5, 5.41) is 9.80. The third kappa shape index (κ3) is 2.48. The van der Waals surface area contributed by atoms with Crippen molar-refractivity contribution in [3.8, 4) is 22.9 Å². The number of ether oxygens (including phenoxy) is 1. The minimum Gasteiger partial charge on any atom is -0.496 e. The second-order valence-corrected chi connectivity index (χ2v) is 4.98. The Hall–Kier alpha value is -2.05. The van der Waals surface area contributed by atoms with Crippen molar-refractivity contribution < 1.29 is 4.74 Å². The predicted molar refractivity (Wildman–Crippen MR) is 80.0 cm³/mol. The van der Waals surface area contributed by atoms with Crippen LogP contribution in [0.4, 0.5) is 0 Å². The van der Waals surface area contributed by atoms with Gasteiger partial charge in [0, 0.05) is 34.1 Å². The highest BCUT2D eigenvalue weighted by molar-refractivity contribution is 6.32. The van der Waals surface area contributed by atoms with Crippen molar-refractivity contribution in [3.05, 3.63) is 46.7 Å². The topological polar surface area (TPSA) is 45.9 Å². The van der Waals surface area contributed by atoms with E-state index in [1.54, 1.807) is 19.5 Å². The number of halogens is 1. The van der Waals surface area contributed by atoms with Crippen LogP contribution in [0.3, 0.4) is 0 Å². The van der Waals surface area contributed by atoms with Crippen LogP contribution in [0.25, 0.3) is 11.1 Å². The van der Waals surface area contributed by atoms with Crippen LogP contribution in [0.1, 0.15) is 24.0 Å². The number of aromatic nitrogens is 1. The summed E-state index contributed by atoms with van der Waals surface area (Å²) >= 11 is 6.31. The number of methoxy groups -OCH3 is 1. The van der Waals surface area contributed by atoms with Crippen molar-refractivity contribution in [3.63, 3.8) is 0 Å². The van der Waals surface area contributed by atoms with Crippen LogP contribution in [0.15, 0.2) is 30.6 Å². The summed E-state index contributed by atoms with van der Waals surface area (Å²) in [5.74, 6) is 0.396. The Bertz CT molecular complexity index is 662. The van der Waals surface area contributed by atoms with Gasteiger partial charge in [0.25, 0.3) is 0 Å². The number of rotatable bonds is 3. The first-order valence-electron chi connectivity index (χ1n) is 6.27. The van der Waals surface area contributed by atoms with Gasteiger partial charge in [-0.15, -0.1) is 0 Å². The van der Waals surface area contributed by atoms with Gasteiger partial charge >= 0.3 is 0 Å². The fraction of sp³-hybridized carbons (Fsp3) is 0.250. The van der Waals surface area contributed by atoms with E-state index in [0.717, 1.165) is 22.3 Å². The lowest BCUT2D eigenvalue weighted by atomic mass is 9.92. The molecule has 4 heteroatoms. The Balaban J connectivity index is 2.79. The van der Waals surface area contributed by atoms with Gasteiger partial charge in [0.15, 0.2) is 0 Å². The van der Waals surface area contributed by atoms with Crippen molar-refractivity contribution in [2.24, 2.45) is 0 Å². The lowest BCUT2D eigenvalue weighted by Crippen LogP contribution is -2.00. The van der Waals surface area contributed by atoms with E-state index < -0.39 is 0 Å². The highest BCUT2D eigenvalue weighted by atomic mass is 35.5. The summed E-state index contributed by atoms with van der Waals surface area (Å²) in [6.45, 7) is 3.77.